The minimum Gasteiger partial charge on any atom is -0.465 e. The van der Waals surface area contributed by atoms with Gasteiger partial charge in [-0.3, -0.25) is 4.79 Å². The molecule has 0 fully saturated rings. The van der Waals surface area contributed by atoms with Gasteiger partial charge in [0.05, 0.1) is 23.9 Å². The largest absolute Gasteiger partial charge is 0.465 e. The van der Waals surface area contributed by atoms with Crippen LogP contribution in [0.25, 0.3) is 10.9 Å². The van der Waals surface area contributed by atoms with Gasteiger partial charge in [0.2, 0.25) is 5.91 Å². The fourth-order valence-electron chi connectivity index (χ4n) is 1.76. The molecule has 0 saturated carbocycles. The van der Waals surface area contributed by atoms with Gasteiger partial charge in [0.15, 0.2) is 0 Å². The Labute approximate surface area is 98.0 Å². The van der Waals surface area contributed by atoms with Crippen LogP contribution in [0.15, 0.2) is 18.2 Å². The Morgan fingerprint density at radius 2 is 2.06 bits per heavy atom. The second kappa shape index (κ2) is 4.01. The van der Waals surface area contributed by atoms with Crippen LogP contribution >= 0.6 is 0 Å². The number of hydrogen-bond donors (Lipinski definition) is 0. The molecule has 0 aliphatic heterocycles. The molecular formula is C12H12N2O3. The van der Waals surface area contributed by atoms with Crippen LogP contribution in [-0.4, -0.2) is 28.8 Å². The number of ether oxygens (including phenoxy) is 1. The molecule has 17 heavy (non-hydrogen) atoms. The van der Waals surface area contributed by atoms with E-state index < -0.39 is 5.97 Å². The number of aromatic nitrogens is 2. The second-order valence-electron chi connectivity index (χ2n) is 3.74. The second-order valence-corrected chi connectivity index (χ2v) is 3.74. The first kappa shape index (κ1) is 11.3. The highest BCUT2D eigenvalue weighted by Gasteiger charge is 2.13. The molecule has 2 rings (SSSR count). The molecule has 5 heteroatoms. The van der Waals surface area contributed by atoms with Gasteiger partial charge < -0.3 is 4.74 Å². The molecule has 0 spiro atoms. The molecule has 1 heterocycles. The first-order valence-corrected chi connectivity index (χ1v) is 5.13. The predicted octanol–water partition coefficient (Wildman–Crippen LogP) is 1.79. The predicted molar refractivity (Wildman–Crippen MR) is 62.1 cm³/mol. The van der Waals surface area contributed by atoms with Gasteiger partial charge in [0.1, 0.15) is 0 Å². The molecule has 0 N–H and O–H groups in total. The van der Waals surface area contributed by atoms with Crippen LogP contribution in [-0.2, 0) is 4.74 Å². The van der Waals surface area contributed by atoms with E-state index in [1.54, 1.807) is 18.2 Å². The molecule has 2 aromatic rings. The van der Waals surface area contributed by atoms with E-state index in [-0.39, 0.29) is 5.91 Å². The number of benzene rings is 1. The number of hydrogen-bond acceptors (Lipinski definition) is 4. The summed E-state index contributed by atoms with van der Waals surface area (Å²) in [7, 11) is 1.32. The van der Waals surface area contributed by atoms with Gasteiger partial charge in [-0.1, -0.05) is 6.07 Å². The van der Waals surface area contributed by atoms with Crippen molar-refractivity contribution in [2.75, 3.05) is 7.11 Å². The van der Waals surface area contributed by atoms with E-state index in [1.807, 2.05) is 6.92 Å². The number of nitrogens with zero attached hydrogens (tertiary/aromatic N) is 2. The van der Waals surface area contributed by atoms with E-state index in [0.29, 0.717) is 11.1 Å². The van der Waals surface area contributed by atoms with Crippen molar-refractivity contribution in [2.24, 2.45) is 0 Å². The lowest BCUT2D eigenvalue weighted by atomic mass is 10.1. The summed E-state index contributed by atoms with van der Waals surface area (Å²) in [5.41, 5.74) is 1.78. The van der Waals surface area contributed by atoms with E-state index in [1.165, 1.54) is 18.7 Å². The summed E-state index contributed by atoms with van der Waals surface area (Å²) in [5.74, 6) is -0.619. The van der Waals surface area contributed by atoms with E-state index >= 15 is 0 Å². The van der Waals surface area contributed by atoms with Crippen LogP contribution in [0, 0.1) is 6.92 Å². The van der Waals surface area contributed by atoms with Crippen molar-refractivity contribution in [2.45, 2.75) is 13.8 Å². The van der Waals surface area contributed by atoms with Crippen molar-refractivity contribution in [3.63, 3.8) is 0 Å². The lowest BCUT2D eigenvalue weighted by Crippen LogP contribution is -2.08. The van der Waals surface area contributed by atoms with Crippen molar-refractivity contribution in [1.82, 2.24) is 9.78 Å². The number of carbonyl (C=O) groups excluding carboxylic acids is 2. The Morgan fingerprint density at radius 1 is 1.35 bits per heavy atom. The standard InChI is InChI=1S/C12H12N2O3/c1-7-10-5-4-9(12(16)17-3)6-11(10)14(13-7)8(2)15/h4-6H,1-3H3. The third-order valence-electron chi connectivity index (χ3n) is 2.59. The molecular weight excluding hydrogens is 220 g/mol. The maximum atomic E-state index is 11.4. The fraction of sp³-hybridized carbons (Fsp3) is 0.250. The average molecular weight is 232 g/mol. The lowest BCUT2D eigenvalue weighted by Gasteiger charge is -2.00. The molecule has 0 aliphatic carbocycles. The monoisotopic (exact) mass is 232 g/mol. The van der Waals surface area contributed by atoms with E-state index in [4.69, 9.17) is 0 Å². The molecule has 0 radical (unpaired) electrons. The average Bonchev–Trinajstić information content (AvgIpc) is 2.65. The minimum atomic E-state index is -0.430. The summed E-state index contributed by atoms with van der Waals surface area (Å²) in [6.45, 7) is 3.25. The number of esters is 1. The van der Waals surface area contributed by atoms with Gasteiger partial charge in [-0.05, 0) is 19.1 Å². The third kappa shape index (κ3) is 1.80. The van der Waals surface area contributed by atoms with Crippen LogP contribution in [0.5, 0.6) is 0 Å². The Bertz CT molecular complexity index is 613. The van der Waals surface area contributed by atoms with Gasteiger partial charge in [-0.2, -0.15) is 5.10 Å². The maximum absolute atomic E-state index is 11.4. The number of rotatable bonds is 1. The minimum absolute atomic E-state index is 0.190. The van der Waals surface area contributed by atoms with Gasteiger partial charge in [0.25, 0.3) is 0 Å². The highest BCUT2D eigenvalue weighted by molar-refractivity contribution is 5.97. The zero-order valence-corrected chi connectivity index (χ0v) is 9.85. The first-order chi connectivity index (χ1) is 8.04. The van der Waals surface area contributed by atoms with Crippen LogP contribution in [0.1, 0.15) is 27.8 Å². The molecule has 0 aliphatic rings. The Morgan fingerprint density at radius 3 is 2.65 bits per heavy atom. The SMILES string of the molecule is COC(=O)c1ccc2c(C)nn(C(C)=O)c2c1. The van der Waals surface area contributed by atoms with E-state index in [2.05, 4.69) is 9.84 Å². The molecule has 1 aromatic carbocycles. The normalized spacial score (nSPS) is 10.5. The van der Waals surface area contributed by atoms with Crippen molar-refractivity contribution >= 4 is 22.8 Å². The number of methoxy groups -OCH3 is 1. The Kier molecular flexibility index (Phi) is 2.67. The quantitative estimate of drug-likeness (QED) is 0.703. The van der Waals surface area contributed by atoms with Gasteiger partial charge >= 0.3 is 5.97 Å². The summed E-state index contributed by atoms with van der Waals surface area (Å²) in [6, 6.07) is 5.04. The summed E-state index contributed by atoms with van der Waals surface area (Å²) in [4.78, 5) is 22.8. The van der Waals surface area contributed by atoms with Crippen LogP contribution < -0.4 is 0 Å². The molecule has 0 atom stereocenters. The summed E-state index contributed by atoms with van der Waals surface area (Å²) < 4.78 is 5.93. The zero-order valence-electron chi connectivity index (χ0n) is 9.85. The van der Waals surface area contributed by atoms with E-state index in [9.17, 15) is 9.59 Å². The molecule has 0 bridgehead atoms. The molecule has 88 valence electrons. The van der Waals surface area contributed by atoms with Crippen molar-refractivity contribution in [3.8, 4) is 0 Å². The third-order valence-corrected chi connectivity index (χ3v) is 2.59. The topological polar surface area (TPSA) is 61.2 Å². The molecule has 0 amide bonds. The molecule has 0 saturated heterocycles. The van der Waals surface area contributed by atoms with Gasteiger partial charge in [0, 0.05) is 12.3 Å². The van der Waals surface area contributed by atoms with Gasteiger partial charge in [-0.25, -0.2) is 9.48 Å². The molecule has 5 nitrogen and oxygen atoms in total. The van der Waals surface area contributed by atoms with E-state index in [0.717, 1.165) is 11.1 Å². The van der Waals surface area contributed by atoms with Crippen molar-refractivity contribution < 1.29 is 14.3 Å². The highest BCUT2D eigenvalue weighted by Crippen LogP contribution is 2.20. The first-order valence-electron chi connectivity index (χ1n) is 5.13. The summed E-state index contributed by atoms with van der Waals surface area (Å²) in [6.07, 6.45) is 0. The number of carbonyl (C=O) groups is 2. The highest BCUT2D eigenvalue weighted by atomic mass is 16.5. The number of fused-ring (bicyclic) bond motifs is 1. The summed E-state index contributed by atoms with van der Waals surface area (Å²) in [5, 5.41) is 4.99. The van der Waals surface area contributed by atoms with Crippen molar-refractivity contribution in [3.05, 3.63) is 29.5 Å². The van der Waals surface area contributed by atoms with Crippen LogP contribution in [0.2, 0.25) is 0 Å². The van der Waals surface area contributed by atoms with Crippen LogP contribution in [0.3, 0.4) is 0 Å². The summed E-state index contributed by atoms with van der Waals surface area (Å²) >= 11 is 0. The molecule has 0 unspecified atom stereocenters. The maximum Gasteiger partial charge on any atom is 0.337 e. The Balaban J connectivity index is 2.70. The fourth-order valence-corrected chi connectivity index (χ4v) is 1.76. The zero-order chi connectivity index (χ0) is 12.6. The van der Waals surface area contributed by atoms with Crippen LogP contribution in [0.4, 0.5) is 0 Å². The lowest BCUT2D eigenvalue weighted by molar-refractivity contribution is 0.0600. The Hall–Kier alpha value is -2.17. The molecule has 1 aromatic heterocycles. The smallest absolute Gasteiger partial charge is 0.337 e. The number of aryl methyl sites for hydroxylation is 1. The van der Waals surface area contributed by atoms with Crippen molar-refractivity contribution in [1.29, 1.82) is 0 Å². The van der Waals surface area contributed by atoms with Gasteiger partial charge in [-0.15, -0.1) is 0 Å².